The zero-order valence-corrected chi connectivity index (χ0v) is 32.6. The predicted molar refractivity (Wildman–Crippen MR) is 213 cm³/mol. The van der Waals surface area contributed by atoms with Crippen molar-refractivity contribution in [1.82, 2.24) is 20.1 Å². The molecule has 276 valence electrons. The Kier molecular flexibility index (Phi) is 13.9. The van der Waals surface area contributed by atoms with E-state index in [9.17, 15) is 14.7 Å². The summed E-state index contributed by atoms with van der Waals surface area (Å²) in [5.74, 6) is -0.300. The second kappa shape index (κ2) is 18.1. The number of halogens is 2. The molecular weight excluding hydrogens is 699 g/mol. The van der Waals surface area contributed by atoms with Gasteiger partial charge >= 0.3 is 5.97 Å². The third kappa shape index (κ3) is 9.74. The molecule has 3 N–H and O–H groups in total. The number of hydrogen-bond acceptors (Lipinski definition) is 7. The lowest BCUT2D eigenvalue weighted by Crippen LogP contribution is -2.21. The molecule has 3 aromatic carbocycles. The molecule has 0 saturated heterocycles. The Hall–Kier alpha value is -4.80. The maximum atomic E-state index is 12.5. The molecule has 0 unspecified atom stereocenters. The van der Waals surface area contributed by atoms with Crippen LogP contribution in [-0.4, -0.2) is 71.3 Å². The van der Waals surface area contributed by atoms with Crippen molar-refractivity contribution in [3.05, 3.63) is 97.3 Å². The lowest BCUT2D eigenvalue weighted by molar-refractivity contribution is -0.109. The second-order valence-electron chi connectivity index (χ2n) is 13.1. The van der Waals surface area contributed by atoms with E-state index in [2.05, 4.69) is 20.8 Å². The first kappa shape index (κ1) is 40.0. The summed E-state index contributed by atoms with van der Waals surface area (Å²) in [6.45, 7) is 13.1. The van der Waals surface area contributed by atoms with Crippen molar-refractivity contribution in [3.63, 3.8) is 0 Å². The third-order valence-electron chi connectivity index (χ3n) is 8.96. The Labute approximate surface area is 316 Å². The molecule has 4 rings (SSSR count). The van der Waals surface area contributed by atoms with Gasteiger partial charge in [0.25, 0.3) is 0 Å². The van der Waals surface area contributed by atoms with Gasteiger partial charge in [0.1, 0.15) is 5.75 Å². The highest BCUT2D eigenvalue weighted by atomic mass is 35.5. The zero-order chi connectivity index (χ0) is 38.1. The number of carbonyl (C=O) groups is 2. The lowest BCUT2D eigenvalue weighted by Gasteiger charge is -2.21. The monoisotopic (exact) mass is 746 g/mol. The number of carboxylic acids is 1. The number of carboxylic acid groups (broad SMARTS) is 1. The molecule has 0 fully saturated rings. The number of benzene rings is 3. The summed E-state index contributed by atoms with van der Waals surface area (Å²) < 4.78 is 8.02. The van der Waals surface area contributed by atoms with E-state index in [0.717, 1.165) is 61.2 Å². The third-order valence-corrected chi connectivity index (χ3v) is 9.87. The van der Waals surface area contributed by atoms with E-state index in [0.29, 0.717) is 55.1 Å². The van der Waals surface area contributed by atoms with Crippen LogP contribution in [0.15, 0.2) is 47.6 Å². The summed E-state index contributed by atoms with van der Waals surface area (Å²) in [5.41, 5.74) is 9.35. The van der Waals surface area contributed by atoms with Gasteiger partial charge in [-0.1, -0.05) is 47.5 Å². The minimum Gasteiger partial charge on any atom is -0.494 e. The molecule has 0 aliphatic heterocycles. The number of ether oxygens (including phenoxy) is 1. The molecule has 0 atom stereocenters. The molecule has 0 spiro atoms. The van der Waals surface area contributed by atoms with E-state index in [1.165, 1.54) is 0 Å². The molecule has 52 heavy (non-hydrogen) atoms. The average molecular weight is 748 g/mol. The van der Waals surface area contributed by atoms with Crippen LogP contribution >= 0.6 is 23.2 Å². The zero-order valence-electron chi connectivity index (χ0n) is 31.1. The Morgan fingerprint density at radius 3 is 2.37 bits per heavy atom. The molecule has 1 amide bonds. The smallest absolute Gasteiger partial charge is 0.336 e. The first-order chi connectivity index (χ1) is 24.7. The van der Waals surface area contributed by atoms with Crippen LogP contribution in [0.4, 0.5) is 5.69 Å². The fourth-order valence-corrected chi connectivity index (χ4v) is 6.26. The summed E-state index contributed by atoms with van der Waals surface area (Å²) in [5, 5.41) is 28.6. The number of carbonyl (C=O) groups excluding carboxylic acids is 1. The molecule has 0 radical (unpaired) electrons. The molecular formula is C40H48Cl2N6O4. The number of hydrogen-bond donors (Lipinski definition) is 3. The second-order valence-corrected chi connectivity index (χ2v) is 13.9. The van der Waals surface area contributed by atoms with E-state index >= 15 is 0 Å². The predicted octanol–water partition coefficient (Wildman–Crippen LogP) is 8.56. The van der Waals surface area contributed by atoms with Gasteiger partial charge in [-0.2, -0.15) is 10.2 Å². The van der Waals surface area contributed by atoms with Gasteiger partial charge in [0.2, 0.25) is 6.41 Å². The van der Waals surface area contributed by atoms with Gasteiger partial charge in [0.15, 0.2) is 0 Å². The minimum atomic E-state index is -1.05. The van der Waals surface area contributed by atoms with Crippen LogP contribution in [0.1, 0.15) is 76.3 Å². The van der Waals surface area contributed by atoms with E-state index in [-0.39, 0.29) is 11.6 Å². The number of aryl methyl sites for hydroxylation is 4. The molecule has 0 aliphatic carbocycles. The first-order valence-corrected chi connectivity index (χ1v) is 18.0. The number of aromatic nitrogens is 2. The molecule has 0 saturated carbocycles. The highest BCUT2D eigenvalue weighted by molar-refractivity contribution is 6.34. The van der Waals surface area contributed by atoms with Crippen molar-refractivity contribution >= 4 is 59.1 Å². The fraction of sp³-hybridized carbons (Fsp3) is 0.350. The first-order valence-electron chi connectivity index (χ1n) is 17.2. The van der Waals surface area contributed by atoms with E-state index < -0.39 is 5.97 Å². The number of anilines is 1. The van der Waals surface area contributed by atoms with Crippen molar-refractivity contribution < 1.29 is 19.4 Å². The Balaban J connectivity index is 1.85. The fourth-order valence-electron chi connectivity index (χ4n) is 5.90. The van der Waals surface area contributed by atoms with Gasteiger partial charge in [0.05, 0.1) is 34.8 Å². The highest BCUT2D eigenvalue weighted by Crippen LogP contribution is 2.43. The molecule has 0 aliphatic rings. The van der Waals surface area contributed by atoms with Gasteiger partial charge < -0.3 is 20.5 Å². The van der Waals surface area contributed by atoms with Crippen molar-refractivity contribution in [2.24, 2.45) is 12.1 Å². The summed E-state index contributed by atoms with van der Waals surface area (Å²) in [6, 6.07) is 13.2. The molecule has 10 nitrogen and oxygen atoms in total. The van der Waals surface area contributed by atoms with Gasteiger partial charge in [-0.05, 0) is 101 Å². The number of nitrogens with zero attached hydrogens (tertiary/aromatic N) is 4. The summed E-state index contributed by atoms with van der Waals surface area (Å²) in [7, 11) is 3.74. The van der Waals surface area contributed by atoms with Crippen LogP contribution in [0.2, 0.25) is 10.0 Å². The van der Waals surface area contributed by atoms with E-state index in [1.54, 1.807) is 23.4 Å². The lowest BCUT2D eigenvalue weighted by atomic mass is 9.91. The largest absolute Gasteiger partial charge is 0.494 e. The normalized spacial score (nSPS) is 11.7. The average Bonchev–Trinajstić information content (AvgIpc) is 3.35. The Morgan fingerprint density at radius 2 is 1.75 bits per heavy atom. The molecule has 0 bridgehead atoms. The van der Waals surface area contributed by atoms with Gasteiger partial charge in [-0.25, -0.2) is 4.79 Å². The SMILES string of the molecule is Cc1cc(OCCC/C(=C\c2ccc(/C=N\N(C)C(C)C)c(C(=O)O)c2)c2ccc(Cl)c(-c3c(C)nn(C)c3C)c2NCCNC=O)cc(C)c1Cl. The minimum absolute atomic E-state index is 0.141. The number of aromatic carboxylic acids is 1. The van der Waals surface area contributed by atoms with Gasteiger partial charge in [-0.3, -0.25) is 14.5 Å². The standard InChI is InChI=1S/C40H48Cl2N6O4/c1-24(2)47(7)45-22-31-12-11-29(21-34(31)40(50)51)20-30(10-9-17-52-32-18-25(3)38(42)26(4)19-32)33-13-14-35(41)37(39(33)44-16-15-43-23-49)36-27(5)46-48(8)28(36)6/h11-14,18-24,44H,9-10,15-17H2,1-8H3,(H,43,49)(H,50,51)/b30-20+,45-22-. The van der Waals surface area contributed by atoms with Gasteiger partial charge in [0, 0.05) is 66.2 Å². The Bertz CT molecular complexity index is 1960. The molecule has 12 heteroatoms. The molecule has 1 aromatic heterocycles. The van der Waals surface area contributed by atoms with Crippen molar-refractivity contribution in [3.8, 4) is 16.9 Å². The Morgan fingerprint density at radius 1 is 1.04 bits per heavy atom. The highest BCUT2D eigenvalue weighted by Gasteiger charge is 2.23. The topological polar surface area (TPSA) is 121 Å². The summed E-state index contributed by atoms with van der Waals surface area (Å²) >= 11 is 13.4. The summed E-state index contributed by atoms with van der Waals surface area (Å²) in [4.78, 5) is 23.6. The maximum absolute atomic E-state index is 12.5. The van der Waals surface area contributed by atoms with Crippen LogP contribution in [0.5, 0.6) is 5.75 Å². The van der Waals surface area contributed by atoms with Crippen LogP contribution in [-0.2, 0) is 11.8 Å². The number of amides is 1. The van der Waals surface area contributed by atoms with Crippen molar-refractivity contribution in [2.75, 3.05) is 32.1 Å². The van der Waals surface area contributed by atoms with Crippen molar-refractivity contribution in [1.29, 1.82) is 0 Å². The van der Waals surface area contributed by atoms with Gasteiger partial charge in [-0.15, -0.1) is 0 Å². The maximum Gasteiger partial charge on any atom is 0.336 e. The van der Waals surface area contributed by atoms with Crippen molar-refractivity contribution in [2.45, 2.75) is 60.4 Å². The number of nitrogens with one attached hydrogen (secondary N) is 2. The van der Waals surface area contributed by atoms with Crippen LogP contribution < -0.4 is 15.4 Å². The van der Waals surface area contributed by atoms with Crippen LogP contribution in [0, 0.1) is 27.7 Å². The number of allylic oxidation sites excluding steroid dienone is 1. The number of rotatable bonds is 17. The quantitative estimate of drug-likeness (QED) is 0.0326. The van der Waals surface area contributed by atoms with E-state index in [4.69, 9.17) is 27.9 Å². The number of hydrazone groups is 1. The van der Waals surface area contributed by atoms with E-state index in [1.807, 2.05) is 96.7 Å². The van der Waals surface area contributed by atoms with Crippen LogP contribution in [0.25, 0.3) is 22.8 Å². The van der Waals surface area contributed by atoms with Crippen LogP contribution in [0.3, 0.4) is 0 Å². The molecule has 1 heterocycles. The molecule has 4 aromatic rings. The summed E-state index contributed by atoms with van der Waals surface area (Å²) in [6.07, 6.45) is 5.49.